The van der Waals surface area contributed by atoms with Gasteiger partial charge in [-0.05, 0) is 31.8 Å². The summed E-state index contributed by atoms with van der Waals surface area (Å²) in [6, 6.07) is 0.892. The van der Waals surface area contributed by atoms with Gasteiger partial charge < -0.3 is 9.47 Å². The van der Waals surface area contributed by atoms with E-state index in [2.05, 4.69) is 47.2 Å². The van der Waals surface area contributed by atoms with Crippen molar-refractivity contribution in [1.29, 1.82) is 0 Å². The van der Waals surface area contributed by atoms with Crippen molar-refractivity contribution in [3.05, 3.63) is 23.4 Å². The predicted molar refractivity (Wildman–Crippen MR) is 125 cm³/mol. The molecular weight excluding hydrogens is 382 g/mol. The van der Waals surface area contributed by atoms with Crippen LogP contribution in [0.3, 0.4) is 0 Å². The van der Waals surface area contributed by atoms with E-state index in [-0.39, 0.29) is 0 Å². The molecule has 0 saturated carbocycles. The molecule has 2 aliphatic heterocycles. The van der Waals surface area contributed by atoms with E-state index in [1.807, 2.05) is 14.2 Å². The number of hydrogen-bond acceptors (Lipinski definition) is 4. The van der Waals surface area contributed by atoms with Crippen LogP contribution in [-0.2, 0) is 9.47 Å². The molecular formula is C21H39BN2O2PSi+. The Hall–Kier alpha value is 0.0318. The van der Waals surface area contributed by atoms with Crippen molar-refractivity contribution in [2.45, 2.75) is 69.5 Å². The maximum atomic E-state index is 7.62. The Bertz CT molecular complexity index is 571. The van der Waals surface area contributed by atoms with Crippen molar-refractivity contribution < 1.29 is 9.47 Å². The molecule has 0 spiro atoms. The Labute approximate surface area is 175 Å². The minimum Gasteiger partial charge on any atom is -0.383 e. The summed E-state index contributed by atoms with van der Waals surface area (Å²) in [5.74, 6) is 0. The molecule has 3 atom stereocenters. The van der Waals surface area contributed by atoms with Crippen LogP contribution < -0.4 is 0 Å². The third kappa shape index (κ3) is 4.53. The highest BCUT2D eigenvalue weighted by Gasteiger charge is 2.58. The smallest absolute Gasteiger partial charge is 0.383 e. The highest BCUT2D eigenvalue weighted by molar-refractivity contribution is 7.94. The third-order valence-corrected chi connectivity index (χ3v) is 13.1. The first kappa shape index (κ1) is 22.7. The fourth-order valence-corrected chi connectivity index (χ4v) is 11.0. The average Bonchev–Trinajstić information content (AvgIpc) is 3.31. The first-order chi connectivity index (χ1) is 13.3. The molecule has 4 nitrogen and oxygen atoms in total. The summed E-state index contributed by atoms with van der Waals surface area (Å²) < 4.78 is 16.6. The van der Waals surface area contributed by atoms with Crippen LogP contribution in [0, 0.1) is 0 Å². The van der Waals surface area contributed by atoms with E-state index in [1.165, 1.54) is 25.7 Å². The summed E-state index contributed by atoms with van der Waals surface area (Å²) in [6.45, 7) is 11.1. The van der Waals surface area contributed by atoms with Crippen molar-refractivity contribution in [1.82, 2.24) is 9.34 Å². The van der Waals surface area contributed by atoms with Gasteiger partial charge in [0.2, 0.25) is 0 Å². The van der Waals surface area contributed by atoms with Crippen molar-refractivity contribution in [3.63, 3.8) is 0 Å². The summed E-state index contributed by atoms with van der Waals surface area (Å²) in [4.78, 5) is 0. The van der Waals surface area contributed by atoms with Crippen molar-refractivity contribution >= 4 is 23.1 Å². The van der Waals surface area contributed by atoms with Crippen LogP contribution in [-0.4, -0.2) is 83.2 Å². The highest BCUT2D eigenvalue weighted by atomic mass is 31.2. The van der Waals surface area contributed by atoms with Gasteiger partial charge in [-0.25, -0.2) is 0 Å². The zero-order valence-electron chi connectivity index (χ0n) is 18.6. The van der Waals surface area contributed by atoms with Crippen LogP contribution in [0.5, 0.6) is 0 Å². The van der Waals surface area contributed by atoms with Gasteiger partial charge in [0.15, 0.2) is 0 Å². The van der Waals surface area contributed by atoms with E-state index in [9.17, 15) is 0 Å². The number of rotatable bonds is 8. The minimum atomic E-state index is -2.02. The van der Waals surface area contributed by atoms with Gasteiger partial charge in [-0.1, -0.05) is 37.0 Å². The summed E-state index contributed by atoms with van der Waals surface area (Å²) in [7, 11) is 7.91. The second-order valence-electron chi connectivity index (χ2n) is 9.63. The van der Waals surface area contributed by atoms with Gasteiger partial charge in [0.25, 0.3) is 0 Å². The molecule has 2 radical (unpaired) electrons. The van der Waals surface area contributed by atoms with Crippen LogP contribution in [0.25, 0.3) is 0 Å². The standard InChI is InChI=1S/C21H39BN2O2PSi/c1-25-16-18-9-7-13-23(18)27(22,24-14-8-10-19(24)17-26-2)20-11-6-12-21(15-20)28(3,4)5/h6,11-12,18-20H,7-10,13-17H2,1-5H3/q+1/t18-,19-,20?/m0/s1. The minimum absolute atomic E-state index is 0.411. The molecule has 3 rings (SSSR count). The van der Waals surface area contributed by atoms with Crippen LogP contribution in [0.15, 0.2) is 23.4 Å². The van der Waals surface area contributed by atoms with Gasteiger partial charge in [-0.3, -0.25) is 0 Å². The first-order valence-corrected chi connectivity index (χ1v) is 16.2. The molecule has 0 bridgehead atoms. The summed E-state index contributed by atoms with van der Waals surface area (Å²) >= 11 is 0. The van der Waals surface area contributed by atoms with E-state index in [4.69, 9.17) is 17.0 Å². The van der Waals surface area contributed by atoms with Crippen molar-refractivity contribution in [2.24, 2.45) is 0 Å². The molecule has 2 fully saturated rings. The van der Waals surface area contributed by atoms with E-state index in [1.54, 1.807) is 5.20 Å². The zero-order chi connectivity index (χ0) is 20.4. The van der Waals surface area contributed by atoms with E-state index in [0.29, 0.717) is 17.7 Å². The Morgan fingerprint density at radius 2 is 1.57 bits per heavy atom. The van der Waals surface area contributed by atoms with Crippen LogP contribution in [0.1, 0.15) is 32.1 Å². The van der Waals surface area contributed by atoms with E-state index in [0.717, 1.165) is 32.7 Å². The van der Waals surface area contributed by atoms with E-state index >= 15 is 0 Å². The highest BCUT2D eigenvalue weighted by Crippen LogP contribution is 2.70. The lowest BCUT2D eigenvalue weighted by molar-refractivity contribution is 0.135. The van der Waals surface area contributed by atoms with Crippen LogP contribution in [0.2, 0.25) is 19.6 Å². The SMILES string of the molecule is [B][P+](C1C=CC=C([Si](C)(C)C)C1)(N1CCC[C@H]1COC)N1CCC[C@H]1COC. The van der Waals surface area contributed by atoms with Gasteiger partial charge in [0.1, 0.15) is 13.1 Å². The molecule has 28 heavy (non-hydrogen) atoms. The van der Waals surface area contributed by atoms with Gasteiger partial charge in [0.05, 0.1) is 33.4 Å². The lowest BCUT2D eigenvalue weighted by Crippen LogP contribution is -2.48. The fourth-order valence-electron chi connectivity index (χ4n) is 5.22. The van der Waals surface area contributed by atoms with Crippen LogP contribution in [0.4, 0.5) is 0 Å². The Balaban J connectivity index is 1.95. The zero-order valence-corrected chi connectivity index (χ0v) is 20.5. The molecule has 0 aromatic carbocycles. The molecule has 0 aromatic rings. The molecule has 0 amide bonds. The average molecular weight is 421 g/mol. The molecule has 3 aliphatic rings. The molecule has 2 heterocycles. The molecule has 0 N–H and O–H groups in total. The second-order valence-corrected chi connectivity index (χ2v) is 17.9. The molecule has 1 unspecified atom stereocenters. The lowest BCUT2D eigenvalue weighted by Gasteiger charge is -2.47. The Kier molecular flexibility index (Phi) is 7.66. The number of allylic oxidation sites excluding steroid dienone is 4. The van der Waals surface area contributed by atoms with Crippen molar-refractivity contribution in [2.75, 3.05) is 40.5 Å². The van der Waals surface area contributed by atoms with Gasteiger partial charge >= 0.3 is 7.57 Å². The van der Waals surface area contributed by atoms with E-state index < -0.39 is 15.5 Å². The molecule has 7 heteroatoms. The summed E-state index contributed by atoms with van der Waals surface area (Å²) in [5.41, 5.74) is 0.411. The number of ether oxygens (including phenoxy) is 2. The monoisotopic (exact) mass is 421 g/mol. The molecule has 0 aromatic heterocycles. The third-order valence-electron chi connectivity index (χ3n) is 6.74. The maximum Gasteiger partial charge on any atom is 0.409 e. The first-order valence-electron chi connectivity index (χ1n) is 10.9. The van der Waals surface area contributed by atoms with Gasteiger partial charge in [-0.2, -0.15) is 9.34 Å². The molecule has 1 aliphatic carbocycles. The van der Waals surface area contributed by atoms with Crippen LogP contribution >= 0.6 is 7.44 Å². The summed E-state index contributed by atoms with van der Waals surface area (Å²) in [6.07, 6.45) is 13.1. The lowest BCUT2D eigenvalue weighted by atomic mass is 10.2. The topological polar surface area (TPSA) is 24.9 Å². The normalized spacial score (nSPS) is 30.2. The van der Waals surface area contributed by atoms with Gasteiger partial charge in [-0.15, -0.1) is 0 Å². The largest absolute Gasteiger partial charge is 0.409 e. The number of hydrogen-bond donors (Lipinski definition) is 0. The predicted octanol–water partition coefficient (Wildman–Crippen LogP) is 4.27. The fraction of sp³-hybridized carbons (Fsp3) is 0.810. The Morgan fingerprint density at radius 3 is 2.04 bits per heavy atom. The molecule has 156 valence electrons. The van der Waals surface area contributed by atoms with Crippen molar-refractivity contribution in [3.8, 4) is 0 Å². The second kappa shape index (κ2) is 9.45. The summed E-state index contributed by atoms with van der Waals surface area (Å²) in [5, 5.41) is 1.65. The molecule has 2 saturated heterocycles. The van der Waals surface area contributed by atoms with Gasteiger partial charge in [0, 0.05) is 33.7 Å². The maximum absolute atomic E-state index is 7.62. The quantitative estimate of drug-likeness (QED) is 0.432. The Morgan fingerprint density at radius 1 is 1.04 bits per heavy atom. The number of nitrogens with zero attached hydrogens (tertiary/aromatic N) is 2. The number of methoxy groups -OCH3 is 2.